The van der Waals surface area contributed by atoms with Crippen LogP contribution in [0.3, 0.4) is 0 Å². The molecule has 0 fully saturated rings. The van der Waals surface area contributed by atoms with Gasteiger partial charge in [0.25, 0.3) is 5.76 Å². The van der Waals surface area contributed by atoms with Crippen molar-refractivity contribution in [1.29, 1.82) is 0 Å². The van der Waals surface area contributed by atoms with Crippen molar-refractivity contribution in [3.63, 3.8) is 0 Å². The molecule has 1 aromatic heterocycles. The van der Waals surface area contributed by atoms with Crippen LogP contribution in [0.1, 0.15) is 11.3 Å². The molecule has 7 heteroatoms. The molecule has 0 aliphatic heterocycles. The van der Waals surface area contributed by atoms with Crippen LogP contribution in [0.15, 0.2) is 29.2 Å². The number of benzene rings is 1. The number of hydrogen-bond donors (Lipinski definition) is 1. The van der Waals surface area contributed by atoms with E-state index in [-0.39, 0.29) is 0 Å². The number of aryl methyl sites for hydroxylation is 2. The van der Waals surface area contributed by atoms with Gasteiger partial charge >= 0.3 is 0 Å². The van der Waals surface area contributed by atoms with Crippen LogP contribution in [0.4, 0.5) is 14.5 Å². The molecule has 0 bridgehead atoms. The molecule has 3 nitrogen and oxygen atoms in total. The zero-order chi connectivity index (χ0) is 14.7. The summed E-state index contributed by atoms with van der Waals surface area (Å²) in [6.07, 6.45) is 0. The first-order valence-corrected chi connectivity index (χ1v) is 7.20. The highest BCUT2D eigenvalue weighted by molar-refractivity contribution is 7.99. The van der Waals surface area contributed by atoms with Gasteiger partial charge in [0.05, 0.1) is 5.69 Å². The van der Waals surface area contributed by atoms with E-state index in [1.165, 1.54) is 0 Å². The Morgan fingerprint density at radius 3 is 2.70 bits per heavy atom. The third-order valence-corrected chi connectivity index (χ3v) is 4.09. The SMILES string of the molecule is Cc1nn(C)c(Cl)c1CNc1ccccc1SC(F)F. The predicted molar refractivity (Wildman–Crippen MR) is 78.6 cm³/mol. The second-order valence-electron chi connectivity index (χ2n) is 4.21. The fraction of sp³-hybridized carbons (Fsp3) is 0.308. The third kappa shape index (κ3) is 3.43. The number of aromatic nitrogens is 2. The number of hydrogen-bond acceptors (Lipinski definition) is 3. The summed E-state index contributed by atoms with van der Waals surface area (Å²) in [5.41, 5.74) is 2.35. The maximum absolute atomic E-state index is 12.5. The average Bonchev–Trinajstić information content (AvgIpc) is 2.62. The van der Waals surface area contributed by atoms with E-state index in [1.54, 1.807) is 36.0 Å². The molecule has 0 aliphatic rings. The van der Waals surface area contributed by atoms with Gasteiger partial charge in [-0.1, -0.05) is 35.5 Å². The number of thioether (sulfide) groups is 1. The topological polar surface area (TPSA) is 29.9 Å². The number of anilines is 1. The van der Waals surface area contributed by atoms with Gasteiger partial charge in [0.15, 0.2) is 0 Å². The van der Waals surface area contributed by atoms with Gasteiger partial charge in [0.2, 0.25) is 0 Å². The first-order valence-electron chi connectivity index (χ1n) is 5.94. The highest BCUT2D eigenvalue weighted by atomic mass is 35.5. The zero-order valence-electron chi connectivity index (χ0n) is 11.0. The summed E-state index contributed by atoms with van der Waals surface area (Å²) < 4.78 is 26.6. The summed E-state index contributed by atoms with van der Waals surface area (Å²) in [5, 5.41) is 7.90. The minimum absolute atomic E-state index is 0.444. The van der Waals surface area contributed by atoms with Gasteiger partial charge in [0.1, 0.15) is 5.15 Å². The lowest BCUT2D eigenvalue weighted by molar-refractivity contribution is 0.252. The Morgan fingerprint density at radius 1 is 1.40 bits per heavy atom. The van der Waals surface area contributed by atoms with Crippen molar-refractivity contribution in [2.24, 2.45) is 7.05 Å². The Bertz CT molecular complexity index is 601. The van der Waals surface area contributed by atoms with Crippen molar-refractivity contribution in [1.82, 2.24) is 9.78 Å². The Kier molecular flexibility index (Phi) is 4.88. The minimum atomic E-state index is -2.44. The number of halogens is 3. The highest BCUT2D eigenvalue weighted by Crippen LogP contribution is 2.32. The molecule has 0 atom stereocenters. The van der Waals surface area contributed by atoms with Crippen LogP contribution in [0.25, 0.3) is 0 Å². The number of alkyl halides is 2. The maximum Gasteiger partial charge on any atom is 0.288 e. The molecule has 0 radical (unpaired) electrons. The van der Waals surface area contributed by atoms with Gasteiger partial charge in [-0.3, -0.25) is 4.68 Å². The van der Waals surface area contributed by atoms with E-state index in [1.807, 2.05) is 6.92 Å². The number of rotatable bonds is 5. The standard InChI is InChI=1S/C13H14ClF2N3S/c1-8-9(12(14)19(2)18-8)7-17-10-5-3-4-6-11(10)20-13(15)16/h3-6,13,17H,7H2,1-2H3. The maximum atomic E-state index is 12.5. The number of para-hydroxylation sites is 1. The van der Waals surface area contributed by atoms with E-state index in [0.29, 0.717) is 34.0 Å². The van der Waals surface area contributed by atoms with E-state index >= 15 is 0 Å². The molecule has 1 aromatic carbocycles. The van der Waals surface area contributed by atoms with Crippen LogP contribution < -0.4 is 5.32 Å². The largest absolute Gasteiger partial charge is 0.380 e. The summed E-state index contributed by atoms with van der Waals surface area (Å²) in [4.78, 5) is 0.514. The molecule has 1 heterocycles. The highest BCUT2D eigenvalue weighted by Gasteiger charge is 2.13. The fourth-order valence-electron chi connectivity index (χ4n) is 1.87. The second-order valence-corrected chi connectivity index (χ2v) is 5.60. The van der Waals surface area contributed by atoms with Crippen molar-refractivity contribution < 1.29 is 8.78 Å². The summed E-state index contributed by atoms with van der Waals surface area (Å²) in [6.45, 7) is 2.31. The molecule has 0 saturated heterocycles. The van der Waals surface area contributed by atoms with Crippen LogP contribution in [0, 0.1) is 6.92 Å². The molecule has 0 saturated carbocycles. The van der Waals surface area contributed by atoms with Crippen LogP contribution in [0.2, 0.25) is 5.15 Å². The quantitative estimate of drug-likeness (QED) is 0.833. The van der Waals surface area contributed by atoms with Crippen molar-refractivity contribution in [2.75, 3.05) is 5.32 Å². The van der Waals surface area contributed by atoms with E-state index in [9.17, 15) is 8.78 Å². The van der Waals surface area contributed by atoms with Crippen molar-refractivity contribution >= 4 is 29.1 Å². The van der Waals surface area contributed by atoms with Crippen LogP contribution in [-0.4, -0.2) is 15.5 Å². The summed E-state index contributed by atoms with van der Waals surface area (Å²) in [6, 6.07) is 6.97. The van der Waals surface area contributed by atoms with Gasteiger partial charge in [-0.2, -0.15) is 13.9 Å². The van der Waals surface area contributed by atoms with Crippen LogP contribution >= 0.6 is 23.4 Å². The number of nitrogens with zero attached hydrogens (tertiary/aromatic N) is 2. The monoisotopic (exact) mass is 317 g/mol. The first-order chi connectivity index (χ1) is 9.49. The van der Waals surface area contributed by atoms with E-state index in [2.05, 4.69) is 10.4 Å². The summed E-state index contributed by atoms with van der Waals surface area (Å²) in [7, 11) is 1.76. The molecule has 108 valence electrons. The van der Waals surface area contributed by atoms with E-state index < -0.39 is 5.76 Å². The lowest BCUT2D eigenvalue weighted by Crippen LogP contribution is -2.02. The Hall–Kier alpha value is -1.27. The first kappa shape index (κ1) is 15.1. The summed E-state index contributed by atoms with van der Waals surface area (Å²) in [5.74, 6) is -2.44. The van der Waals surface area contributed by atoms with Crippen LogP contribution in [-0.2, 0) is 13.6 Å². The minimum Gasteiger partial charge on any atom is -0.380 e. The normalized spacial score (nSPS) is 11.1. The van der Waals surface area contributed by atoms with Crippen LogP contribution in [0.5, 0.6) is 0 Å². The molecular weight excluding hydrogens is 304 g/mol. The lowest BCUT2D eigenvalue weighted by atomic mass is 10.2. The molecule has 20 heavy (non-hydrogen) atoms. The molecule has 0 aliphatic carbocycles. The Balaban J connectivity index is 2.15. The second kappa shape index (κ2) is 6.45. The van der Waals surface area contributed by atoms with Gasteiger partial charge < -0.3 is 5.32 Å². The lowest BCUT2D eigenvalue weighted by Gasteiger charge is -2.11. The molecule has 1 N–H and O–H groups in total. The molecule has 0 amide bonds. The van der Waals surface area contributed by atoms with Crippen molar-refractivity contribution in [2.45, 2.75) is 24.1 Å². The van der Waals surface area contributed by atoms with E-state index in [0.717, 1.165) is 11.3 Å². The third-order valence-electron chi connectivity index (χ3n) is 2.83. The Morgan fingerprint density at radius 2 is 2.10 bits per heavy atom. The van der Waals surface area contributed by atoms with E-state index in [4.69, 9.17) is 11.6 Å². The average molecular weight is 318 g/mol. The van der Waals surface area contributed by atoms with Gasteiger partial charge in [-0.05, 0) is 19.1 Å². The predicted octanol–water partition coefficient (Wildman–Crippen LogP) is 4.31. The molecule has 2 rings (SSSR count). The number of nitrogens with one attached hydrogen (secondary N) is 1. The van der Waals surface area contributed by atoms with Gasteiger partial charge in [-0.15, -0.1) is 0 Å². The van der Waals surface area contributed by atoms with Gasteiger partial charge in [0, 0.05) is 29.7 Å². The zero-order valence-corrected chi connectivity index (χ0v) is 12.6. The molecule has 0 spiro atoms. The molecular formula is C13H14ClF2N3S. The van der Waals surface area contributed by atoms with Gasteiger partial charge in [-0.25, -0.2) is 0 Å². The van der Waals surface area contributed by atoms with Crippen molar-refractivity contribution in [3.8, 4) is 0 Å². The molecule has 0 unspecified atom stereocenters. The van der Waals surface area contributed by atoms with Crippen molar-refractivity contribution in [3.05, 3.63) is 40.7 Å². The summed E-state index contributed by atoms with van der Waals surface area (Å²) >= 11 is 6.66. The smallest absolute Gasteiger partial charge is 0.288 e. The molecule has 2 aromatic rings. The fourth-order valence-corrected chi connectivity index (χ4v) is 2.73. The Labute approximate surface area is 125 Å².